The normalized spacial score (nSPS) is 17.3. The van der Waals surface area contributed by atoms with Crippen molar-refractivity contribution in [3.63, 3.8) is 0 Å². The van der Waals surface area contributed by atoms with Crippen LogP contribution in [0.4, 0.5) is 0 Å². The number of pyridine rings is 2. The van der Waals surface area contributed by atoms with E-state index in [0.717, 1.165) is 36.7 Å². The van der Waals surface area contributed by atoms with Gasteiger partial charge in [0, 0.05) is 32.0 Å². The van der Waals surface area contributed by atoms with E-state index in [0.29, 0.717) is 53.4 Å². The van der Waals surface area contributed by atoms with E-state index < -0.39 is 0 Å². The quantitative estimate of drug-likeness (QED) is 0.307. The second kappa shape index (κ2) is 12.0. The average molecular weight is 550 g/mol. The fraction of sp³-hybridized carbons (Fsp3) is 0.379. The average Bonchev–Trinajstić information content (AvgIpc) is 3.22. The fourth-order valence-corrected chi connectivity index (χ4v) is 5.39. The minimum atomic E-state index is -0.146. The van der Waals surface area contributed by atoms with Crippen molar-refractivity contribution in [2.75, 3.05) is 20.3 Å². The number of aromatic nitrogens is 4. The summed E-state index contributed by atoms with van der Waals surface area (Å²) in [4.78, 5) is 35.0. The molecule has 9 nitrogen and oxygen atoms in total. The molecule has 1 amide bonds. The number of halogens is 1. The number of benzene rings is 1. The standard InChI is InChI=1S/C29H32ClN5O4/c1-19-25(13-21(30)15-32-19)28(36)33-22-9-7-20(8-10-22)18-34-26-5-3-4-6-27(26)35(29(34)37)23-14-24(17-31-16-23)39-12-11-38-2/h3-6,13-17,20,22H,7-12,18H2,1-2H3,(H,33,36). The number of rotatable bonds is 9. The summed E-state index contributed by atoms with van der Waals surface area (Å²) in [6.07, 6.45) is 8.37. The third-order valence-corrected chi connectivity index (χ3v) is 7.48. The highest BCUT2D eigenvalue weighted by Gasteiger charge is 2.26. The summed E-state index contributed by atoms with van der Waals surface area (Å²) in [5, 5.41) is 3.59. The van der Waals surface area contributed by atoms with E-state index in [9.17, 15) is 9.59 Å². The summed E-state index contributed by atoms with van der Waals surface area (Å²) in [6, 6.07) is 11.4. The van der Waals surface area contributed by atoms with Gasteiger partial charge in [0.15, 0.2) is 0 Å². The van der Waals surface area contributed by atoms with Crippen molar-refractivity contribution in [3.05, 3.63) is 81.8 Å². The number of carbonyl (C=O) groups excluding carboxylic acids is 1. The molecule has 1 saturated carbocycles. The van der Waals surface area contributed by atoms with Crippen molar-refractivity contribution in [2.45, 2.75) is 45.2 Å². The fourth-order valence-electron chi connectivity index (χ4n) is 5.23. The molecule has 0 unspecified atom stereocenters. The number of hydrogen-bond donors (Lipinski definition) is 1. The summed E-state index contributed by atoms with van der Waals surface area (Å²) in [5.74, 6) is 0.760. The van der Waals surface area contributed by atoms with Gasteiger partial charge in [0.05, 0.1) is 52.0 Å². The van der Waals surface area contributed by atoms with Crippen molar-refractivity contribution in [3.8, 4) is 11.4 Å². The van der Waals surface area contributed by atoms with Crippen molar-refractivity contribution < 1.29 is 14.3 Å². The third-order valence-electron chi connectivity index (χ3n) is 7.27. The van der Waals surface area contributed by atoms with Crippen LogP contribution >= 0.6 is 11.6 Å². The van der Waals surface area contributed by atoms with Crippen molar-refractivity contribution in [2.24, 2.45) is 5.92 Å². The van der Waals surface area contributed by atoms with Crippen LogP contribution in [0, 0.1) is 12.8 Å². The zero-order chi connectivity index (χ0) is 27.4. The van der Waals surface area contributed by atoms with Gasteiger partial charge in [0.2, 0.25) is 0 Å². The molecular formula is C29H32ClN5O4. The number of para-hydroxylation sites is 2. The SMILES string of the molecule is COCCOc1cncc(-n2c(=O)n(CC3CCC(NC(=O)c4cc(Cl)cnc4C)CC3)c3ccccc32)c1. The molecule has 0 bridgehead atoms. The first-order valence-electron chi connectivity index (χ1n) is 13.1. The highest BCUT2D eigenvalue weighted by atomic mass is 35.5. The molecule has 0 atom stereocenters. The lowest BCUT2D eigenvalue weighted by Crippen LogP contribution is -2.39. The predicted octanol–water partition coefficient (Wildman–Crippen LogP) is 4.56. The third kappa shape index (κ3) is 5.99. The molecule has 1 aliphatic carbocycles. The van der Waals surface area contributed by atoms with Crippen LogP contribution in [0.2, 0.25) is 5.02 Å². The Hall–Kier alpha value is -3.69. The van der Waals surface area contributed by atoms with E-state index in [1.165, 1.54) is 0 Å². The van der Waals surface area contributed by atoms with Crippen LogP contribution in [-0.4, -0.2) is 51.4 Å². The highest BCUT2D eigenvalue weighted by Crippen LogP contribution is 2.28. The summed E-state index contributed by atoms with van der Waals surface area (Å²) in [5.41, 5.74) is 3.42. The van der Waals surface area contributed by atoms with Gasteiger partial charge in [-0.25, -0.2) is 4.79 Å². The monoisotopic (exact) mass is 549 g/mol. The molecule has 3 aromatic heterocycles. The number of methoxy groups -OCH3 is 1. The topological polar surface area (TPSA) is 100 Å². The summed E-state index contributed by atoms with van der Waals surface area (Å²) < 4.78 is 14.3. The zero-order valence-corrected chi connectivity index (χ0v) is 22.9. The van der Waals surface area contributed by atoms with Crippen LogP contribution in [0.1, 0.15) is 41.7 Å². The van der Waals surface area contributed by atoms with Crippen LogP contribution in [0.3, 0.4) is 0 Å². The smallest absolute Gasteiger partial charge is 0.333 e. The number of aryl methyl sites for hydroxylation is 1. The number of amides is 1. The Balaban J connectivity index is 1.30. The van der Waals surface area contributed by atoms with Crippen LogP contribution < -0.4 is 15.7 Å². The largest absolute Gasteiger partial charge is 0.489 e. The molecule has 0 saturated heterocycles. The number of imidazole rings is 1. The van der Waals surface area contributed by atoms with Gasteiger partial charge in [0.25, 0.3) is 5.91 Å². The Bertz CT molecular complexity index is 1520. The molecule has 204 valence electrons. The van der Waals surface area contributed by atoms with Crippen LogP contribution in [0.5, 0.6) is 5.75 Å². The maximum atomic E-state index is 13.7. The lowest BCUT2D eigenvalue weighted by Gasteiger charge is -2.29. The molecule has 1 aliphatic rings. The van der Waals surface area contributed by atoms with Gasteiger partial charge in [-0.1, -0.05) is 23.7 Å². The van der Waals surface area contributed by atoms with E-state index >= 15 is 0 Å². The Morgan fingerprint density at radius 3 is 2.62 bits per heavy atom. The van der Waals surface area contributed by atoms with Crippen LogP contribution in [-0.2, 0) is 11.3 Å². The Labute approximate surface area is 231 Å². The van der Waals surface area contributed by atoms with E-state index in [4.69, 9.17) is 21.1 Å². The first kappa shape index (κ1) is 26.9. The van der Waals surface area contributed by atoms with Crippen molar-refractivity contribution in [1.29, 1.82) is 0 Å². The first-order valence-corrected chi connectivity index (χ1v) is 13.5. The van der Waals surface area contributed by atoms with Crippen LogP contribution in [0.15, 0.2) is 59.8 Å². The van der Waals surface area contributed by atoms with Gasteiger partial charge >= 0.3 is 5.69 Å². The second-order valence-electron chi connectivity index (χ2n) is 9.92. The molecule has 0 radical (unpaired) electrons. The molecule has 1 fully saturated rings. The van der Waals surface area contributed by atoms with E-state index in [1.807, 2.05) is 34.9 Å². The Kier molecular flexibility index (Phi) is 8.28. The summed E-state index contributed by atoms with van der Waals surface area (Å²) >= 11 is 6.04. The molecular weight excluding hydrogens is 518 g/mol. The lowest BCUT2D eigenvalue weighted by atomic mass is 9.85. The number of nitrogens with one attached hydrogen (secondary N) is 1. The zero-order valence-electron chi connectivity index (χ0n) is 22.1. The molecule has 3 heterocycles. The minimum absolute atomic E-state index is 0.0807. The number of hydrogen-bond acceptors (Lipinski definition) is 6. The molecule has 10 heteroatoms. The van der Waals surface area contributed by atoms with E-state index in [-0.39, 0.29) is 17.6 Å². The number of fused-ring (bicyclic) bond motifs is 1. The van der Waals surface area contributed by atoms with E-state index in [2.05, 4.69) is 15.3 Å². The van der Waals surface area contributed by atoms with Gasteiger partial charge in [-0.2, -0.15) is 0 Å². The molecule has 39 heavy (non-hydrogen) atoms. The molecule has 0 spiro atoms. The molecule has 4 aromatic rings. The number of nitrogens with zero attached hydrogens (tertiary/aromatic N) is 4. The summed E-state index contributed by atoms with van der Waals surface area (Å²) in [7, 11) is 1.62. The van der Waals surface area contributed by atoms with Gasteiger partial charge in [0.1, 0.15) is 12.4 Å². The maximum Gasteiger partial charge on any atom is 0.333 e. The van der Waals surface area contributed by atoms with Gasteiger partial charge < -0.3 is 14.8 Å². The number of ether oxygens (including phenoxy) is 2. The Morgan fingerprint density at radius 1 is 1.08 bits per heavy atom. The Morgan fingerprint density at radius 2 is 1.85 bits per heavy atom. The molecule has 0 aliphatic heterocycles. The lowest BCUT2D eigenvalue weighted by molar-refractivity contribution is 0.0919. The van der Waals surface area contributed by atoms with Gasteiger partial charge in [-0.05, 0) is 56.7 Å². The maximum absolute atomic E-state index is 13.7. The van der Waals surface area contributed by atoms with Gasteiger partial charge in [-0.3, -0.25) is 23.9 Å². The summed E-state index contributed by atoms with van der Waals surface area (Å²) in [6.45, 7) is 3.28. The minimum Gasteiger partial charge on any atom is -0.489 e. The van der Waals surface area contributed by atoms with Crippen molar-refractivity contribution >= 4 is 28.5 Å². The van der Waals surface area contributed by atoms with Gasteiger partial charge in [-0.15, -0.1) is 0 Å². The van der Waals surface area contributed by atoms with Crippen LogP contribution in [0.25, 0.3) is 16.7 Å². The highest BCUT2D eigenvalue weighted by molar-refractivity contribution is 6.30. The number of carbonyl (C=O) groups is 1. The molecule has 5 rings (SSSR count). The van der Waals surface area contributed by atoms with E-state index in [1.54, 1.807) is 43.3 Å². The molecule has 1 N–H and O–H groups in total. The molecule has 1 aromatic carbocycles. The second-order valence-corrected chi connectivity index (χ2v) is 10.4. The van der Waals surface area contributed by atoms with Crippen molar-refractivity contribution in [1.82, 2.24) is 24.4 Å². The first-order chi connectivity index (χ1) is 18.9. The predicted molar refractivity (Wildman–Crippen MR) is 150 cm³/mol.